The second-order valence-electron chi connectivity index (χ2n) is 6.89. The fourth-order valence-electron chi connectivity index (χ4n) is 3.12. The van der Waals surface area contributed by atoms with Crippen molar-refractivity contribution in [2.24, 2.45) is 0 Å². The van der Waals surface area contributed by atoms with Gasteiger partial charge in [-0.3, -0.25) is 9.69 Å². The first-order chi connectivity index (χ1) is 13.9. The fraction of sp³-hybridized carbons (Fsp3) is 0.409. The highest BCUT2D eigenvalue weighted by Crippen LogP contribution is 2.39. The number of aromatic nitrogens is 2. The van der Waals surface area contributed by atoms with Crippen molar-refractivity contribution in [3.63, 3.8) is 0 Å². The molecule has 7 heteroatoms. The maximum absolute atomic E-state index is 11.7. The molecular weight excluding hydrogens is 386 g/mol. The van der Waals surface area contributed by atoms with Gasteiger partial charge in [0.1, 0.15) is 10.7 Å². The Bertz CT molecular complexity index is 1040. The van der Waals surface area contributed by atoms with Crippen molar-refractivity contribution in [3.8, 4) is 17.4 Å². The van der Waals surface area contributed by atoms with Gasteiger partial charge in [-0.05, 0) is 57.6 Å². The Morgan fingerprint density at radius 2 is 1.86 bits per heavy atom. The zero-order valence-corrected chi connectivity index (χ0v) is 18.6. The van der Waals surface area contributed by atoms with Gasteiger partial charge in [0.2, 0.25) is 5.88 Å². The summed E-state index contributed by atoms with van der Waals surface area (Å²) in [5.41, 5.74) is 1.69. The molecule has 0 saturated carbocycles. The molecule has 0 aliphatic rings. The Labute approximate surface area is 175 Å². The van der Waals surface area contributed by atoms with Crippen LogP contribution in [-0.2, 0) is 6.54 Å². The number of nitrogens with zero attached hydrogens (tertiary/aromatic N) is 3. The number of carbonyl (C=O) groups excluding carboxylic acids is 1. The van der Waals surface area contributed by atoms with Gasteiger partial charge in [0, 0.05) is 10.4 Å². The summed E-state index contributed by atoms with van der Waals surface area (Å²) in [4.78, 5) is 25.6. The number of carbonyl (C=O) groups is 1. The third-order valence-electron chi connectivity index (χ3n) is 5.08. The van der Waals surface area contributed by atoms with Gasteiger partial charge in [0.15, 0.2) is 17.3 Å². The molecule has 0 N–H and O–H groups in total. The summed E-state index contributed by atoms with van der Waals surface area (Å²) >= 11 is 1.65. The topological polar surface area (TPSA) is 64.6 Å². The van der Waals surface area contributed by atoms with Gasteiger partial charge < -0.3 is 9.47 Å². The lowest BCUT2D eigenvalue weighted by atomic mass is 10.1. The molecule has 3 aromatic rings. The van der Waals surface area contributed by atoms with E-state index in [4.69, 9.17) is 19.4 Å². The maximum atomic E-state index is 11.7. The standard InChI is InChI=1S/C22H27N3O3S/c1-7-25(8-2)12-19-23-21(20-13(3)15(5)29-22(20)24-19)28-17-10-9-16(14(4)26)11-18(17)27-6/h9-11H,7-8,12H2,1-6H3. The average molecular weight is 414 g/mol. The van der Waals surface area contributed by atoms with Crippen LogP contribution in [0.1, 0.15) is 47.4 Å². The van der Waals surface area contributed by atoms with Crippen LogP contribution >= 0.6 is 11.3 Å². The molecule has 29 heavy (non-hydrogen) atoms. The van der Waals surface area contributed by atoms with E-state index >= 15 is 0 Å². The molecular formula is C22H27N3O3S. The molecule has 0 atom stereocenters. The predicted molar refractivity (Wildman–Crippen MR) is 117 cm³/mol. The van der Waals surface area contributed by atoms with Crippen molar-refractivity contribution in [2.75, 3.05) is 20.2 Å². The van der Waals surface area contributed by atoms with E-state index in [0.717, 1.165) is 34.7 Å². The van der Waals surface area contributed by atoms with Crippen LogP contribution in [0.2, 0.25) is 0 Å². The molecule has 0 radical (unpaired) electrons. The molecule has 0 spiro atoms. The number of hydrogen-bond acceptors (Lipinski definition) is 7. The lowest BCUT2D eigenvalue weighted by Crippen LogP contribution is -2.23. The van der Waals surface area contributed by atoms with E-state index in [1.807, 2.05) is 0 Å². The number of hydrogen-bond donors (Lipinski definition) is 0. The minimum Gasteiger partial charge on any atom is -0.493 e. The predicted octanol–water partition coefficient (Wildman–Crippen LogP) is 5.15. The second kappa shape index (κ2) is 8.88. The van der Waals surface area contributed by atoms with Gasteiger partial charge in [-0.1, -0.05) is 13.8 Å². The van der Waals surface area contributed by atoms with Crippen LogP contribution in [0.4, 0.5) is 0 Å². The van der Waals surface area contributed by atoms with Crippen LogP contribution in [0.5, 0.6) is 17.4 Å². The smallest absolute Gasteiger partial charge is 0.231 e. The number of aryl methyl sites for hydroxylation is 2. The summed E-state index contributed by atoms with van der Waals surface area (Å²) < 4.78 is 11.7. The Morgan fingerprint density at radius 3 is 2.48 bits per heavy atom. The largest absolute Gasteiger partial charge is 0.493 e. The minimum absolute atomic E-state index is 0.0231. The lowest BCUT2D eigenvalue weighted by molar-refractivity contribution is 0.101. The minimum atomic E-state index is -0.0231. The van der Waals surface area contributed by atoms with Gasteiger partial charge in [0.05, 0.1) is 19.0 Å². The number of ketones is 1. The molecule has 2 aromatic heterocycles. The highest BCUT2D eigenvalue weighted by atomic mass is 32.1. The van der Waals surface area contributed by atoms with E-state index in [9.17, 15) is 4.79 Å². The molecule has 0 aliphatic carbocycles. The molecule has 0 saturated heterocycles. The number of fused-ring (bicyclic) bond motifs is 1. The monoisotopic (exact) mass is 413 g/mol. The van der Waals surface area contributed by atoms with E-state index in [2.05, 4.69) is 32.6 Å². The molecule has 0 amide bonds. The number of ether oxygens (including phenoxy) is 2. The zero-order valence-electron chi connectivity index (χ0n) is 17.8. The molecule has 1 aromatic carbocycles. The lowest BCUT2D eigenvalue weighted by Gasteiger charge is -2.17. The third kappa shape index (κ3) is 4.41. The number of methoxy groups -OCH3 is 1. The Kier molecular flexibility index (Phi) is 6.49. The van der Waals surface area contributed by atoms with Crippen LogP contribution in [-0.4, -0.2) is 40.9 Å². The summed E-state index contributed by atoms with van der Waals surface area (Å²) in [6.07, 6.45) is 0. The summed E-state index contributed by atoms with van der Waals surface area (Å²) in [5, 5.41) is 0.925. The van der Waals surface area contributed by atoms with E-state index in [-0.39, 0.29) is 5.78 Å². The van der Waals surface area contributed by atoms with E-state index in [0.29, 0.717) is 29.5 Å². The quantitative estimate of drug-likeness (QED) is 0.476. The number of thiophene rings is 1. The van der Waals surface area contributed by atoms with Gasteiger partial charge >= 0.3 is 0 Å². The van der Waals surface area contributed by atoms with Gasteiger partial charge in [-0.25, -0.2) is 4.98 Å². The first kappa shape index (κ1) is 21.2. The summed E-state index contributed by atoms with van der Waals surface area (Å²) in [6, 6.07) is 5.18. The molecule has 3 rings (SSSR count). The molecule has 0 fully saturated rings. The third-order valence-corrected chi connectivity index (χ3v) is 6.18. The molecule has 0 aliphatic heterocycles. The molecule has 0 bridgehead atoms. The SMILES string of the molecule is CCN(CC)Cc1nc(Oc2ccc(C(C)=O)cc2OC)c2c(C)c(C)sc2n1. The van der Waals surface area contributed by atoms with Crippen molar-refractivity contribution in [1.29, 1.82) is 0 Å². The molecule has 2 heterocycles. The summed E-state index contributed by atoms with van der Waals surface area (Å²) in [6.45, 7) is 12.4. The van der Waals surface area contributed by atoms with Crippen LogP contribution in [0.25, 0.3) is 10.2 Å². The highest BCUT2D eigenvalue weighted by molar-refractivity contribution is 7.18. The number of Topliss-reactive ketones (excluding diaryl/α,β-unsaturated/α-hetero) is 1. The molecule has 6 nitrogen and oxygen atoms in total. The Morgan fingerprint density at radius 1 is 1.14 bits per heavy atom. The van der Waals surface area contributed by atoms with Gasteiger partial charge in [-0.15, -0.1) is 11.3 Å². The van der Waals surface area contributed by atoms with Gasteiger partial charge in [-0.2, -0.15) is 4.98 Å². The normalized spacial score (nSPS) is 11.3. The van der Waals surface area contributed by atoms with Crippen molar-refractivity contribution in [1.82, 2.24) is 14.9 Å². The molecule has 0 unspecified atom stereocenters. The summed E-state index contributed by atoms with van der Waals surface area (Å²) in [7, 11) is 1.56. The van der Waals surface area contributed by atoms with Crippen molar-refractivity contribution in [2.45, 2.75) is 41.2 Å². The Hall–Kier alpha value is -2.51. The van der Waals surface area contributed by atoms with Gasteiger partial charge in [0.25, 0.3) is 0 Å². The number of rotatable bonds is 8. The van der Waals surface area contributed by atoms with Crippen LogP contribution < -0.4 is 9.47 Å². The Balaban J connectivity index is 2.09. The van der Waals surface area contributed by atoms with Crippen molar-refractivity contribution >= 4 is 27.3 Å². The highest BCUT2D eigenvalue weighted by Gasteiger charge is 2.19. The van der Waals surface area contributed by atoms with Crippen molar-refractivity contribution < 1.29 is 14.3 Å². The first-order valence-corrected chi connectivity index (χ1v) is 10.5. The first-order valence-electron chi connectivity index (χ1n) is 9.73. The number of benzene rings is 1. The van der Waals surface area contributed by atoms with Crippen molar-refractivity contribution in [3.05, 3.63) is 40.0 Å². The van der Waals surface area contributed by atoms with Crippen LogP contribution in [0, 0.1) is 13.8 Å². The maximum Gasteiger partial charge on any atom is 0.231 e. The summed E-state index contributed by atoms with van der Waals surface area (Å²) in [5.74, 6) is 2.25. The fourth-order valence-corrected chi connectivity index (χ4v) is 4.16. The van der Waals surface area contributed by atoms with E-state index in [1.165, 1.54) is 11.8 Å². The molecule has 154 valence electrons. The van der Waals surface area contributed by atoms with E-state index in [1.54, 1.807) is 36.6 Å². The van der Waals surface area contributed by atoms with E-state index < -0.39 is 0 Å². The van der Waals surface area contributed by atoms with Crippen LogP contribution in [0.3, 0.4) is 0 Å². The zero-order chi connectivity index (χ0) is 21.1. The van der Waals surface area contributed by atoms with Crippen LogP contribution in [0.15, 0.2) is 18.2 Å². The average Bonchev–Trinajstić information content (AvgIpc) is 3.00. The second-order valence-corrected chi connectivity index (χ2v) is 8.10.